The molecule has 2 unspecified atom stereocenters. The van der Waals surface area contributed by atoms with E-state index in [0.29, 0.717) is 19.5 Å². The number of rotatable bonds is 4. The second kappa shape index (κ2) is 7.47. The van der Waals surface area contributed by atoms with E-state index >= 15 is 0 Å². The predicted octanol–water partition coefficient (Wildman–Crippen LogP) is 1.45. The summed E-state index contributed by atoms with van der Waals surface area (Å²) >= 11 is 0. The zero-order valence-corrected chi connectivity index (χ0v) is 14.0. The number of hydrogen-bond acceptors (Lipinski definition) is 5. The number of carbonyl (C=O) groups is 3. The van der Waals surface area contributed by atoms with Crippen LogP contribution in [0.1, 0.15) is 47.5 Å². The van der Waals surface area contributed by atoms with E-state index in [2.05, 4.69) is 5.32 Å². The van der Waals surface area contributed by atoms with Crippen LogP contribution in [-0.2, 0) is 19.1 Å². The Morgan fingerprint density at radius 1 is 1.41 bits per heavy atom. The Kier molecular flexibility index (Phi) is 6.20. The molecule has 1 saturated heterocycles. The molecular formula is C15H26N2O5. The van der Waals surface area contributed by atoms with Gasteiger partial charge in [0.05, 0.1) is 12.5 Å². The van der Waals surface area contributed by atoms with Gasteiger partial charge >= 0.3 is 12.1 Å². The van der Waals surface area contributed by atoms with Crippen molar-refractivity contribution in [3.8, 4) is 0 Å². The first-order valence-corrected chi connectivity index (χ1v) is 7.61. The molecular weight excluding hydrogens is 288 g/mol. The fourth-order valence-electron chi connectivity index (χ4n) is 1.97. The third-order valence-electron chi connectivity index (χ3n) is 3.23. The van der Waals surface area contributed by atoms with Crippen molar-refractivity contribution in [2.24, 2.45) is 0 Å². The lowest BCUT2D eigenvalue weighted by molar-refractivity contribution is -0.152. The molecule has 0 aromatic rings. The van der Waals surface area contributed by atoms with Crippen LogP contribution in [0.15, 0.2) is 0 Å². The van der Waals surface area contributed by atoms with E-state index in [4.69, 9.17) is 9.47 Å². The third kappa shape index (κ3) is 5.54. The molecule has 22 heavy (non-hydrogen) atoms. The van der Waals surface area contributed by atoms with Crippen molar-refractivity contribution in [2.45, 2.75) is 65.2 Å². The summed E-state index contributed by atoms with van der Waals surface area (Å²) in [6, 6.07) is -0.889. The SMILES string of the molecule is CCC(C)OC(=O)CC1C(=O)NCCN1C(=O)OC(C)(C)C. The van der Waals surface area contributed by atoms with E-state index < -0.39 is 23.7 Å². The first-order valence-electron chi connectivity index (χ1n) is 7.61. The molecule has 0 radical (unpaired) electrons. The normalized spacial score (nSPS) is 20.1. The van der Waals surface area contributed by atoms with E-state index in [9.17, 15) is 14.4 Å². The fraction of sp³-hybridized carbons (Fsp3) is 0.800. The molecule has 0 bridgehead atoms. The number of esters is 1. The average molecular weight is 314 g/mol. The van der Waals surface area contributed by atoms with Gasteiger partial charge in [-0.05, 0) is 34.1 Å². The molecule has 1 aliphatic rings. The lowest BCUT2D eigenvalue weighted by Crippen LogP contribution is -2.58. The minimum absolute atomic E-state index is 0.171. The number of ether oxygens (including phenoxy) is 2. The Hall–Kier alpha value is -1.79. The Bertz CT molecular complexity index is 430. The minimum Gasteiger partial charge on any atom is -0.463 e. The van der Waals surface area contributed by atoms with E-state index in [1.807, 2.05) is 6.92 Å². The first kappa shape index (κ1) is 18.3. The number of amides is 2. The van der Waals surface area contributed by atoms with Crippen molar-refractivity contribution in [2.75, 3.05) is 13.1 Å². The van der Waals surface area contributed by atoms with Gasteiger partial charge in [0.25, 0.3) is 0 Å². The minimum atomic E-state index is -0.889. The molecule has 126 valence electrons. The maximum atomic E-state index is 12.2. The van der Waals surface area contributed by atoms with Gasteiger partial charge in [-0.1, -0.05) is 6.92 Å². The third-order valence-corrected chi connectivity index (χ3v) is 3.23. The highest BCUT2D eigenvalue weighted by Gasteiger charge is 2.37. The van der Waals surface area contributed by atoms with Gasteiger partial charge in [0.2, 0.25) is 5.91 Å². The molecule has 7 heteroatoms. The zero-order valence-electron chi connectivity index (χ0n) is 14.0. The standard InChI is InChI=1S/C15H26N2O5/c1-6-10(2)21-12(18)9-11-13(19)16-7-8-17(11)14(20)22-15(3,4)5/h10-11H,6-9H2,1-5H3,(H,16,19). The molecule has 2 atom stereocenters. The molecule has 2 amide bonds. The molecule has 1 rings (SSSR count). The molecule has 1 N–H and O–H groups in total. The Balaban J connectivity index is 2.75. The van der Waals surface area contributed by atoms with Crippen LogP contribution in [0.4, 0.5) is 4.79 Å². The summed E-state index contributed by atoms with van der Waals surface area (Å²) in [4.78, 5) is 37.4. The number of piperazine rings is 1. The molecule has 7 nitrogen and oxygen atoms in total. The second-order valence-corrected chi connectivity index (χ2v) is 6.39. The summed E-state index contributed by atoms with van der Waals surface area (Å²) in [5.41, 5.74) is -0.660. The molecule has 1 fully saturated rings. The lowest BCUT2D eigenvalue weighted by Gasteiger charge is -2.35. The van der Waals surface area contributed by atoms with Gasteiger partial charge in [-0.25, -0.2) is 4.79 Å². The van der Waals surface area contributed by atoms with Crippen molar-refractivity contribution in [3.05, 3.63) is 0 Å². The lowest BCUT2D eigenvalue weighted by atomic mass is 10.1. The van der Waals surface area contributed by atoms with Gasteiger partial charge in [0, 0.05) is 13.1 Å². The van der Waals surface area contributed by atoms with E-state index in [1.54, 1.807) is 27.7 Å². The van der Waals surface area contributed by atoms with Crippen molar-refractivity contribution in [1.82, 2.24) is 10.2 Å². The summed E-state index contributed by atoms with van der Waals surface area (Å²) in [6.45, 7) is 9.59. The van der Waals surface area contributed by atoms with Crippen molar-refractivity contribution < 1.29 is 23.9 Å². The Morgan fingerprint density at radius 3 is 2.59 bits per heavy atom. The zero-order chi connectivity index (χ0) is 16.9. The largest absolute Gasteiger partial charge is 0.463 e. The smallest absolute Gasteiger partial charge is 0.411 e. The van der Waals surface area contributed by atoms with Crippen LogP contribution in [0.5, 0.6) is 0 Å². The maximum Gasteiger partial charge on any atom is 0.411 e. The number of nitrogens with one attached hydrogen (secondary N) is 1. The predicted molar refractivity (Wildman–Crippen MR) is 80.2 cm³/mol. The van der Waals surface area contributed by atoms with Gasteiger partial charge in [0.15, 0.2) is 0 Å². The summed E-state index contributed by atoms with van der Waals surface area (Å²) in [5.74, 6) is -0.858. The second-order valence-electron chi connectivity index (χ2n) is 6.39. The Labute approximate surface area is 131 Å². The molecule has 1 aliphatic heterocycles. The summed E-state index contributed by atoms with van der Waals surface area (Å²) in [7, 11) is 0. The van der Waals surface area contributed by atoms with Gasteiger partial charge in [0.1, 0.15) is 11.6 Å². The molecule has 0 aromatic carbocycles. The van der Waals surface area contributed by atoms with Gasteiger partial charge < -0.3 is 14.8 Å². The molecule has 1 heterocycles. The van der Waals surface area contributed by atoms with Crippen LogP contribution in [-0.4, -0.2) is 53.7 Å². The Morgan fingerprint density at radius 2 is 2.05 bits per heavy atom. The van der Waals surface area contributed by atoms with E-state index in [0.717, 1.165) is 0 Å². The van der Waals surface area contributed by atoms with Crippen LogP contribution >= 0.6 is 0 Å². The average Bonchev–Trinajstić information content (AvgIpc) is 2.38. The highest BCUT2D eigenvalue weighted by Crippen LogP contribution is 2.16. The molecule has 0 spiro atoms. The van der Waals surface area contributed by atoms with E-state index in [-0.39, 0.29) is 18.4 Å². The fourth-order valence-corrected chi connectivity index (χ4v) is 1.97. The molecule has 0 saturated carbocycles. The number of nitrogens with zero attached hydrogens (tertiary/aromatic N) is 1. The summed E-state index contributed by atoms with van der Waals surface area (Å²) < 4.78 is 10.5. The number of hydrogen-bond donors (Lipinski definition) is 1. The highest BCUT2D eigenvalue weighted by molar-refractivity contribution is 5.90. The van der Waals surface area contributed by atoms with Crippen LogP contribution in [0.2, 0.25) is 0 Å². The van der Waals surface area contributed by atoms with Crippen LogP contribution in [0, 0.1) is 0 Å². The van der Waals surface area contributed by atoms with Crippen molar-refractivity contribution in [3.63, 3.8) is 0 Å². The van der Waals surface area contributed by atoms with Gasteiger partial charge in [-0.3, -0.25) is 14.5 Å². The topological polar surface area (TPSA) is 84.9 Å². The van der Waals surface area contributed by atoms with Crippen molar-refractivity contribution in [1.29, 1.82) is 0 Å². The van der Waals surface area contributed by atoms with Crippen molar-refractivity contribution >= 4 is 18.0 Å². The van der Waals surface area contributed by atoms with Gasteiger partial charge in [-0.15, -0.1) is 0 Å². The van der Waals surface area contributed by atoms with Crippen LogP contribution < -0.4 is 5.32 Å². The monoisotopic (exact) mass is 314 g/mol. The summed E-state index contributed by atoms with van der Waals surface area (Å²) in [6.07, 6.45) is -0.286. The molecule has 0 aliphatic carbocycles. The highest BCUT2D eigenvalue weighted by atomic mass is 16.6. The maximum absolute atomic E-state index is 12.2. The quantitative estimate of drug-likeness (QED) is 0.794. The first-order chi connectivity index (χ1) is 10.1. The molecule has 0 aromatic heterocycles. The van der Waals surface area contributed by atoms with Gasteiger partial charge in [-0.2, -0.15) is 0 Å². The van der Waals surface area contributed by atoms with Crippen LogP contribution in [0.25, 0.3) is 0 Å². The van der Waals surface area contributed by atoms with Crippen LogP contribution in [0.3, 0.4) is 0 Å². The summed E-state index contributed by atoms with van der Waals surface area (Å²) in [5, 5.41) is 2.66. The number of carbonyl (C=O) groups excluding carboxylic acids is 3. The van der Waals surface area contributed by atoms with E-state index in [1.165, 1.54) is 4.90 Å².